The molecule has 0 spiro atoms. The van der Waals surface area contributed by atoms with E-state index in [1.807, 2.05) is 36.3 Å². The Morgan fingerprint density at radius 2 is 1.58 bits per heavy atom. The number of hydrogen-bond donors (Lipinski definition) is 0. The van der Waals surface area contributed by atoms with E-state index >= 15 is 0 Å². The monoisotopic (exact) mass is 359 g/mol. The predicted octanol–water partition coefficient (Wildman–Crippen LogP) is 3.72. The first-order valence-corrected chi connectivity index (χ1v) is 9.64. The van der Waals surface area contributed by atoms with Gasteiger partial charge in [-0.15, -0.1) is 5.11 Å². The van der Waals surface area contributed by atoms with Crippen molar-refractivity contribution in [2.24, 2.45) is 10.2 Å². The van der Waals surface area contributed by atoms with Crippen LogP contribution in [0, 0.1) is 0 Å². The lowest BCUT2D eigenvalue weighted by molar-refractivity contribution is -0.904. The Labute approximate surface area is 159 Å². The van der Waals surface area contributed by atoms with Crippen molar-refractivity contribution in [2.75, 3.05) is 58.8 Å². The smallest absolute Gasteiger partial charge is 0.217 e. The van der Waals surface area contributed by atoms with Crippen molar-refractivity contribution in [2.45, 2.75) is 27.1 Å². The minimum Gasteiger partial charge on any atom is -0.366 e. The van der Waals surface area contributed by atoms with Crippen LogP contribution in [0.1, 0.15) is 20.8 Å². The van der Waals surface area contributed by atoms with Gasteiger partial charge in [0.2, 0.25) is 6.29 Å². The van der Waals surface area contributed by atoms with Crippen LogP contribution >= 0.6 is 0 Å². The van der Waals surface area contributed by atoms with Gasteiger partial charge in [0.1, 0.15) is 0 Å². The molecule has 6 nitrogen and oxygen atoms in total. The Kier molecular flexibility index (Phi) is 7.03. The zero-order valence-electron chi connectivity index (χ0n) is 17.3. The molecule has 0 aromatic heterocycles. The summed E-state index contributed by atoms with van der Waals surface area (Å²) in [5.74, 6) is 0. The predicted molar refractivity (Wildman–Crippen MR) is 109 cm³/mol. The SMILES string of the molecule is CCN(CC[N+](C)(CC)CC)c1ccc(/N=N/C2N(C)C=CN2C)cc1. The average molecular weight is 360 g/mol. The lowest BCUT2D eigenvalue weighted by atomic mass is 10.2. The third-order valence-electron chi connectivity index (χ3n) is 5.58. The maximum absolute atomic E-state index is 4.44. The highest BCUT2D eigenvalue weighted by molar-refractivity contribution is 5.52. The van der Waals surface area contributed by atoms with E-state index in [1.165, 1.54) is 18.8 Å². The van der Waals surface area contributed by atoms with Gasteiger partial charge in [0.25, 0.3) is 0 Å². The fourth-order valence-electron chi connectivity index (χ4n) is 3.03. The van der Waals surface area contributed by atoms with E-state index in [4.69, 9.17) is 0 Å². The van der Waals surface area contributed by atoms with Crippen LogP contribution < -0.4 is 4.90 Å². The zero-order chi connectivity index (χ0) is 19.2. The van der Waals surface area contributed by atoms with Crippen molar-refractivity contribution in [3.05, 3.63) is 36.7 Å². The molecule has 0 fully saturated rings. The topological polar surface area (TPSA) is 34.4 Å². The van der Waals surface area contributed by atoms with Crippen LogP contribution in [-0.4, -0.2) is 74.4 Å². The van der Waals surface area contributed by atoms with Gasteiger partial charge >= 0.3 is 0 Å². The molecule has 0 radical (unpaired) electrons. The van der Waals surface area contributed by atoms with E-state index in [0.29, 0.717) is 0 Å². The van der Waals surface area contributed by atoms with E-state index in [-0.39, 0.29) is 6.29 Å². The van der Waals surface area contributed by atoms with E-state index in [1.54, 1.807) is 0 Å². The third kappa shape index (κ3) is 4.97. The molecular weight excluding hydrogens is 324 g/mol. The number of quaternary nitrogens is 1. The summed E-state index contributed by atoms with van der Waals surface area (Å²) < 4.78 is 1.11. The quantitative estimate of drug-likeness (QED) is 0.498. The van der Waals surface area contributed by atoms with E-state index < -0.39 is 0 Å². The first kappa shape index (κ1) is 20.2. The number of hydrogen-bond acceptors (Lipinski definition) is 5. The summed E-state index contributed by atoms with van der Waals surface area (Å²) in [4.78, 5) is 6.51. The molecule has 0 atom stereocenters. The van der Waals surface area contributed by atoms with Gasteiger partial charge in [-0.25, -0.2) is 0 Å². The van der Waals surface area contributed by atoms with Crippen LogP contribution in [0.4, 0.5) is 11.4 Å². The van der Waals surface area contributed by atoms with Crippen molar-refractivity contribution >= 4 is 11.4 Å². The van der Waals surface area contributed by atoms with E-state index in [2.05, 4.69) is 67.2 Å². The molecule has 144 valence electrons. The van der Waals surface area contributed by atoms with Crippen molar-refractivity contribution in [3.8, 4) is 0 Å². The molecule has 26 heavy (non-hydrogen) atoms. The van der Waals surface area contributed by atoms with Crippen LogP contribution in [0.5, 0.6) is 0 Å². The fourth-order valence-corrected chi connectivity index (χ4v) is 3.03. The summed E-state index contributed by atoms with van der Waals surface area (Å²) in [6, 6.07) is 8.41. The molecular formula is C20H35N6+. The molecule has 1 aromatic carbocycles. The number of likely N-dealkylation sites (N-methyl/N-ethyl adjacent to an activating group) is 2. The standard InChI is InChI=1S/C20H35N6/c1-7-25(16-17-26(6,8-2)9-3)19-12-10-18(11-13-19)21-22-20-23(4)14-15-24(20)5/h10-15,20H,7-9,16-17H2,1-6H3/q+1/b22-21+. The van der Waals surface area contributed by atoms with Crippen LogP contribution in [0.15, 0.2) is 46.9 Å². The summed E-state index contributed by atoms with van der Waals surface area (Å²) >= 11 is 0. The van der Waals surface area contributed by atoms with Crippen LogP contribution in [0.2, 0.25) is 0 Å². The molecule has 0 unspecified atom stereocenters. The molecule has 1 aromatic rings. The Bertz CT molecular complexity index is 593. The normalized spacial score (nSPS) is 15.5. The van der Waals surface area contributed by atoms with Gasteiger partial charge in [-0.3, -0.25) is 0 Å². The molecule has 0 saturated heterocycles. The Morgan fingerprint density at radius 1 is 1.00 bits per heavy atom. The van der Waals surface area contributed by atoms with Gasteiger partial charge in [-0.2, -0.15) is 5.11 Å². The minimum absolute atomic E-state index is 0.0552. The molecule has 0 amide bonds. The fraction of sp³-hybridized carbons (Fsp3) is 0.600. The molecule has 0 N–H and O–H groups in total. The summed E-state index contributed by atoms with van der Waals surface area (Å²) in [5, 5.41) is 8.85. The maximum atomic E-state index is 4.44. The van der Waals surface area contributed by atoms with E-state index in [9.17, 15) is 0 Å². The van der Waals surface area contributed by atoms with Crippen LogP contribution in [0.3, 0.4) is 0 Å². The molecule has 0 saturated carbocycles. The van der Waals surface area contributed by atoms with Crippen molar-refractivity contribution in [3.63, 3.8) is 0 Å². The van der Waals surface area contributed by atoms with Gasteiger partial charge in [0, 0.05) is 38.7 Å². The largest absolute Gasteiger partial charge is 0.366 e. The van der Waals surface area contributed by atoms with Gasteiger partial charge in [0.05, 0.1) is 38.9 Å². The van der Waals surface area contributed by atoms with Crippen molar-refractivity contribution in [1.82, 2.24) is 9.80 Å². The highest BCUT2D eigenvalue weighted by Gasteiger charge is 2.19. The number of azo groups is 1. The second-order valence-electron chi connectivity index (χ2n) is 7.26. The summed E-state index contributed by atoms with van der Waals surface area (Å²) in [6.45, 7) is 12.3. The third-order valence-corrected chi connectivity index (χ3v) is 5.58. The lowest BCUT2D eigenvalue weighted by Gasteiger charge is -2.35. The molecule has 1 heterocycles. The first-order valence-electron chi connectivity index (χ1n) is 9.64. The average Bonchev–Trinajstić information content (AvgIpc) is 2.99. The van der Waals surface area contributed by atoms with Gasteiger partial charge in [-0.05, 0) is 45.0 Å². The Balaban J connectivity index is 1.98. The molecule has 2 rings (SSSR count). The van der Waals surface area contributed by atoms with Crippen LogP contribution in [-0.2, 0) is 0 Å². The van der Waals surface area contributed by atoms with Crippen molar-refractivity contribution in [1.29, 1.82) is 0 Å². The highest BCUT2D eigenvalue weighted by atomic mass is 15.5. The molecule has 0 aliphatic carbocycles. The highest BCUT2D eigenvalue weighted by Crippen LogP contribution is 2.22. The van der Waals surface area contributed by atoms with Gasteiger partial charge < -0.3 is 19.2 Å². The molecule has 1 aliphatic rings. The minimum atomic E-state index is -0.0552. The second-order valence-corrected chi connectivity index (χ2v) is 7.26. The Hall–Kier alpha value is -2.08. The van der Waals surface area contributed by atoms with Crippen LogP contribution in [0.25, 0.3) is 0 Å². The van der Waals surface area contributed by atoms with Crippen molar-refractivity contribution < 1.29 is 4.48 Å². The maximum Gasteiger partial charge on any atom is 0.217 e. The Morgan fingerprint density at radius 3 is 2.08 bits per heavy atom. The van der Waals surface area contributed by atoms with Gasteiger partial charge in [0.15, 0.2) is 0 Å². The molecule has 6 heteroatoms. The lowest BCUT2D eigenvalue weighted by Crippen LogP contribution is -2.48. The second kappa shape index (κ2) is 9.03. The molecule has 0 bridgehead atoms. The summed E-state index contributed by atoms with van der Waals surface area (Å²) in [6.07, 6.45) is 3.95. The summed E-state index contributed by atoms with van der Waals surface area (Å²) in [5.41, 5.74) is 2.14. The number of nitrogens with zero attached hydrogens (tertiary/aromatic N) is 6. The zero-order valence-corrected chi connectivity index (χ0v) is 17.3. The first-order chi connectivity index (χ1) is 12.4. The molecule has 1 aliphatic heterocycles. The number of rotatable bonds is 9. The summed E-state index contributed by atoms with van der Waals surface area (Å²) in [7, 11) is 6.35. The van der Waals surface area contributed by atoms with Gasteiger partial charge in [-0.1, -0.05) is 0 Å². The van der Waals surface area contributed by atoms with E-state index in [0.717, 1.165) is 29.8 Å². The number of anilines is 1. The number of benzene rings is 1.